The smallest absolute Gasteiger partial charge is 0.330 e. The second-order valence-corrected chi connectivity index (χ2v) is 5.24. The molecule has 0 aliphatic carbocycles. The van der Waals surface area contributed by atoms with Crippen molar-refractivity contribution in [1.29, 1.82) is 0 Å². The molecule has 2 aromatic rings. The van der Waals surface area contributed by atoms with Crippen LogP contribution in [0.15, 0.2) is 52.2 Å². The molecule has 0 unspecified atom stereocenters. The van der Waals surface area contributed by atoms with Crippen molar-refractivity contribution in [2.24, 2.45) is 0 Å². The molecule has 1 aliphatic heterocycles. The highest BCUT2D eigenvalue weighted by Crippen LogP contribution is 2.39. The largest absolute Gasteiger partial charge is 0.394 e. The molecule has 0 radical (unpaired) electrons. The molecule has 1 aromatic carbocycles. The van der Waals surface area contributed by atoms with Crippen molar-refractivity contribution in [3.8, 4) is 0 Å². The van der Waals surface area contributed by atoms with Gasteiger partial charge in [-0.25, -0.2) is 4.79 Å². The van der Waals surface area contributed by atoms with E-state index in [1.54, 1.807) is 24.3 Å². The van der Waals surface area contributed by atoms with Crippen LogP contribution in [0.1, 0.15) is 12.0 Å². The van der Waals surface area contributed by atoms with E-state index in [1.165, 1.54) is 16.8 Å². The molecule has 7 nitrogen and oxygen atoms in total. The van der Waals surface area contributed by atoms with Gasteiger partial charge in [-0.2, -0.15) is 0 Å². The molecule has 3 atom stereocenters. The third-order valence-corrected chi connectivity index (χ3v) is 3.88. The number of aliphatic hydroxyl groups excluding tert-OH is 2. The van der Waals surface area contributed by atoms with Gasteiger partial charge in [0.05, 0.1) is 12.7 Å². The number of ether oxygens (including phenoxy) is 1. The van der Waals surface area contributed by atoms with Crippen molar-refractivity contribution in [1.82, 2.24) is 9.55 Å². The first kappa shape index (κ1) is 14.7. The second-order valence-electron chi connectivity index (χ2n) is 5.24. The third kappa shape index (κ3) is 2.29. The van der Waals surface area contributed by atoms with E-state index in [0.29, 0.717) is 5.56 Å². The maximum absolute atomic E-state index is 12.2. The molecule has 1 fully saturated rings. The van der Waals surface area contributed by atoms with Crippen LogP contribution in [0.3, 0.4) is 0 Å². The normalized spacial score (nSPS) is 27.9. The van der Waals surface area contributed by atoms with Gasteiger partial charge in [-0.3, -0.25) is 14.3 Å². The first-order valence-corrected chi connectivity index (χ1v) is 6.91. The maximum atomic E-state index is 12.2. The number of nitrogens with zero attached hydrogens (tertiary/aromatic N) is 1. The zero-order chi connectivity index (χ0) is 15.7. The van der Waals surface area contributed by atoms with Gasteiger partial charge in [0.1, 0.15) is 6.10 Å². The molecule has 1 saturated heterocycles. The molecule has 0 bridgehead atoms. The molecule has 7 heteroatoms. The van der Waals surface area contributed by atoms with Crippen LogP contribution < -0.4 is 11.2 Å². The minimum absolute atomic E-state index is 0.0915. The predicted molar refractivity (Wildman–Crippen MR) is 77.4 cm³/mol. The summed E-state index contributed by atoms with van der Waals surface area (Å²) in [5.41, 5.74) is -1.77. The Kier molecular flexibility index (Phi) is 3.69. The SMILES string of the molecule is O=c1ccn([C@@]2(c3ccccc3)C[C@H](O)[C@@H](CO)O2)c(=O)[nH]1. The van der Waals surface area contributed by atoms with Crippen molar-refractivity contribution in [2.45, 2.75) is 24.4 Å². The van der Waals surface area contributed by atoms with Gasteiger partial charge < -0.3 is 14.9 Å². The van der Waals surface area contributed by atoms with E-state index in [-0.39, 0.29) is 13.0 Å². The number of hydrogen-bond acceptors (Lipinski definition) is 5. The molecule has 22 heavy (non-hydrogen) atoms. The number of benzene rings is 1. The van der Waals surface area contributed by atoms with Gasteiger partial charge in [-0.15, -0.1) is 0 Å². The Morgan fingerprint density at radius 3 is 2.59 bits per heavy atom. The van der Waals surface area contributed by atoms with E-state index < -0.39 is 29.2 Å². The number of aliphatic hydroxyl groups is 2. The summed E-state index contributed by atoms with van der Waals surface area (Å²) in [6.45, 7) is -0.367. The van der Waals surface area contributed by atoms with Crippen molar-refractivity contribution < 1.29 is 14.9 Å². The van der Waals surface area contributed by atoms with Gasteiger partial charge in [0, 0.05) is 24.2 Å². The molecule has 3 rings (SSSR count). The number of nitrogens with one attached hydrogen (secondary N) is 1. The van der Waals surface area contributed by atoms with Gasteiger partial charge in [-0.05, 0) is 0 Å². The third-order valence-electron chi connectivity index (χ3n) is 3.88. The van der Waals surface area contributed by atoms with Crippen molar-refractivity contribution in [2.75, 3.05) is 6.61 Å². The summed E-state index contributed by atoms with van der Waals surface area (Å²) in [6.07, 6.45) is -0.308. The number of rotatable bonds is 3. The maximum Gasteiger partial charge on any atom is 0.330 e. The molecule has 2 heterocycles. The highest BCUT2D eigenvalue weighted by atomic mass is 16.6. The molecule has 0 spiro atoms. The van der Waals surface area contributed by atoms with Crippen LogP contribution in [-0.2, 0) is 10.5 Å². The minimum atomic E-state index is -1.27. The average Bonchev–Trinajstić information content (AvgIpc) is 2.86. The van der Waals surface area contributed by atoms with Crippen molar-refractivity contribution in [3.05, 3.63) is 69.0 Å². The number of hydrogen-bond donors (Lipinski definition) is 3. The number of aromatic amines is 1. The first-order chi connectivity index (χ1) is 10.6. The lowest BCUT2D eigenvalue weighted by molar-refractivity contribution is -0.0937. The predicted octanol–water partition coefficient (Wildman–Crippen LogP) is -0.620. The van der Waals surface area contributed by atoms with Crippen molar-refractivity contribution >= 4 is 0 Å². The summed E-state index contributed by atoms with van der Waals surface area (Å²) in [4.78, 5) is 25.7. The van der Waals surface area contributed by atoms with Gasteiger partial charge in [-0.1, -0.05) is 30.3 Å². The van der Waals surface area contributed by atoms with E-state index in [0.717, 1.165) is 0 Å². The number of aromatic nitrogens is 2. The molecular weight excluding hydrogens is 288 g/mol. The van der Waals surface area contributed by atoms with E-state index in [1.807, 2.05) is 6.07 Å². The fourth-order valence-corrected chi connectivity index (χ4v) is 2.83. The van der Waals surface area contributed by atoms with Crippen LogP contribution >= 0.6 is 0 Å². The van der Waals surface area contributed by atoms with Crippen LogP contribution in [0.5, 0.6) is 0 Å². The molecule has 3 N–H and O–H groups in total. The second kappa shape index (κ2) is 5.53. The molecule has 1 aromatic heterocycles. The Morgan fingerprint density at radius 2 is 2.00 bits per heavy atom. The van der Waals surface area contributed by atoms with Gasteiger partial charge in [0.25, 0.3) is 5.56 Å². The number of H-pyrrole nitrogens is 1. The Balaban J connectivity index is 2.21. The summed E-state index contributed by atoms with van der Waals surface area (Å²) in [6, 6.07) is 10.1. The molecule has 0 saturated carbocycles. The van der Waals surface area contributed by atoms with E-state index in [9.17, 15) is 19.8 Å². The van der Waals surface area contributed by atoms with Crippen LogP contribution in [0.4, 0.5) is 0 Å². The lowest BCUT2D eigenvalue weighted by Crippen LogP contribution is -2.45. The van der Waals surface area contributed by atoms with Crippen molar-refractivity contribution in [3.63, 3.8) is 0 Å². The van der Waals surface area contributed by atoms with Gasteiger partial charge in [0.2, 0.25) is 0 Å². The van der Waals surface area contributed by atoms with Crippen LogP contribution in [-0.4, -0.2) is 38.6 Å². The topological polar surface area (TPSA) is 105 Å². The molecular formula is C15H16N2O5. The van der Waals surface area contributed by atoms with Gasteiger partial charge >= 0.3 is 5.69 Å². The van der Waals surface area contributed by atoms with Gasteiger partial charge in [0.15, 0.2) is 5.72 Å². The summed E-state index contributed by atoms with van der Waals surface area (Å²) in [7, 11) is 0. The first-order valence-electron chi connectivity index (χ1n) is 6.91. The standard InChI is InChI=1S/C15H16N2O5/c18-9-12-11(19)8-15(22-12,10-4-2-1-3-5-10)17-7-6-13(20)16-14(17)21/h1-7,11-12,18-19H,8-9H2,(H,16,20,21)/t11-,12+,15-/m0/s1. The Bertz CT molecular complexity index is 769. The summed E-state index contributed by atoms with van der Waals surface area (Å²) in [5, 5.41) is 19.5. The Morgan fingerprint density at radius 1 is 1.27 bits per heavy atom. The Labute approximate surface area is 125 Å². The zero-order valence-corrected chi connectivity index (χ0v) is 11.7. The Hall–Kier alpha value is -2.22. The van der Waals surface area contributed by atoms with Crippen LogP contribution in [0, 0.1) is 0 Å². The van der Waals surface area contributed by atoms with Crippen LogP contribution in [0.2, 0.25) is 0 Å². The zero-order valence-electron chi connectivity index (χ0n) is 11.7. The molecule has 0 amide bonds. The summed E-state index contributed by atoms with van der Waals surface area (Å²) >= 11 is 0. The van der Waals surface area contributed by atoms with E-state index >= 15 is 0 Å². The minimum Gasteiger partial charge on any atom is -0.394 e. The quantitative estimate of drug-likeness (QED) is 0.701. The lowest BCUT2D eigenvalue weighted by Gasteiger charge is -2.31. The molecule has 116 valence electrons. The molecule has 1 aliphatic rings. The highest BCUT2D eigenvalue weighted by Gasteiger charge is 2.49. The summed E-state index contributed by atoms with van der Waals surface area (Å²) in [5.74, 6) is 0. The fraction of sp³-hybridized carbons (Fsp3) is 0.333. The summed E-state index contributed by atoms with van der Waals surface area (Å²) < 4.78 is 7.08. The lowest BCUT2D eigenvalue weighted by atomic mass is 9.97. The van der Waals surface area contributed by atoms with E-state index in [4.69, 9.17) is 4.74 Å². The fourth-order valence-electron chi connectivity index (χ4n) is 2.83. The average molecular weight is 304 g/mol. The highest BCUT2D eigenvalue weighted by molar-refractivity contribution is 5.25. The van der Waals surface area contributed by atoms with Crippen LogP contribution in [0.25, 0.3) is 0 Å². The van der Waals surface area contributed by atoms with E-state index in [2.05, 4.69) is 4.98 Å². The monoisotopic (exact) mass is 304 g/mol.